The molecule has 8 heteroatoms. The number of aromatic nitrogens is 3. The summed E-state index contributed by atoms with van der Waals surface area (Å²) in [5, 5.41) is 0.0351. The number of aryl methyl sites for hydroxylation is 2. The first-order chi connectivity index (χ1) is 9.86. The van der Waals surface area contributed by atoms with Gasteiger partial charge in [-0.3, -0.25) is 0 Å². The molecule has 21 heavy (non-hydrogen) atoms. The van der Waals surface area contributed by atoms with Crippen LogP contribution in [0.15, 0.2) is 29.6 Å². The van der Waals surface area contributed by atoms with Gasteiger partial charge in [0.25, 0.3) is 10.0 Å². The molecule has 0 fully saturated rings. The molecule has 0 atom stereocenters. The zero-order valence-electron chi connectivity index (χ0n) is 12.4. The lowest BCUT2D eigenvalue weighted by molar-refractivity contribution is 0.382. The standard InChI is InChI=1S/C13H18N4O3S/c1-10-15-12(9-16(10)2)21(18,19)17(3)8-11-6-5-7-14-13(11)20-4/h5-7,9H,8H2,1-4H3. The van der Waals surface area contributed by atoms with Crippen LogP contribution < -0.4 is 4.74 Å². The second-order valence-corrected chi connectivity index (χ2v) is 6.66. The number of pyridine rings is 1. The van der Waals surface area contributed by atoms with Gasteiger partial charge < -0.3 is 9.30 Å². The molecule has 2 rings (SSSR count). The molecule has 0 unspecified atom stereocenters. The Morgan fingerprint density at radius 1 is 1.43 bits per heavy atom. The Morgan fingerprint density at radius 3 is 2.71 bits per heavy atom. The number of rotatable bonds is 5. The topological polar surface area (TPSA) is 77.3 Å². The second-order valence-electron chi connectivity index (χ2n) is 4.67. The van der Waals surface area contributed by atoms with Crippen molar-refractivity contribution < 1.29 is 13.2 Å². The predicted molar refractivity (Wildman–Crippen MR) is 77.4 cm³/mol. The maximum atomic E-state index is 12.5. The minimum Gasteiger partial charge on any atom is -0.481 e. The van der Waals surface area contributed by atoms with Crippen molar-refractivity contribution in [1.82, 2.24) is 18.8 Å². The lowest BCUT2D eigenvalue weighted by Crippen LogP contribution is -2.27. The molecule has 2 aromatic heterocycles. The monoisotopic (exact) mass is 310 g/mol. The lowest BCUT2D eigenvalue weighted by atomic mass is 10.3. The van der Waals surface area contributed by atoms with E-state index >= 15 is 0 Å². The molecule has 2 heterocycles. The van der Waals surface area contributed by atoms with Crippen LogP contribution in [0.5, 0.6) is 5.88 Å². The van der Waals surface area contributed by atoms with Gasteiger partial charge in [-0.1, -0.05) is 6.07 Å². The fourth-order valence-corrected chi connectivity index (χ4v) is 3.03. The molecule has 114 valence electrons. The van der Waals surface area contributed by atoms with E-state index in [0.717, 1.165) is 0 Å². The van der Waals surface area contributed by atoms with Crippen LogP contribution in [-0.4, -0.2) is 41.4 Å². The molecule has 0 spiro atoms. The maximum absolute atomic E-state index is 12.5. The third-order valence-corrected chi connectivity index (χ3v) is 4.87. The number of hydrogen-bond acceptors (Lipinski definition) is 5. The second kappa shape index (κ2) is 5.82. The molecule has 0 aliphatic carbocycles. The molecule has 0 aliphatic rings. The van der Waals surface area contributed by atoms with E-state index in [0.29, 0.717) is 17.3 Å². The van der Waals surface area contributed by atoms with Gasteiger partial charge in [0.1, 0.15) is 5.82 Å². The Hall–Kier alpha value is -1.93. The van der Waals surface area contributed by atoms with E-state index in [1.54, 1.807) is 36.9 Å². The first-order valence-corrected chi connectivity index (χ1v) is 7.74. The molecule has 0 saturated carbocycles. The van der Waals surface area contributed by atoms with Crippen molar-refractivity contribution in [2.45, 2.75) is 18.5 Å². The number of imidazole rings is 1. The summed E-state index contributed by atoms with van der Waals surface area (Å²) in [6.45, 7) is 1.91. The zero-order chi connectivity index (χ0) is 15.6. The molecular formula is C13H18N4O3S. The van der Waals surface area contributed by atoms with Crippen LogP contribution in [0.3, 0.4) is 0 Å². The van der Waals surface area contributed by atoms with Crippen molar-refractivity contribution in [3.05, 3.63) is 35.9 Å². The van der Waals surface area contributed by atoms with Gasteiger partial charge in [0.2, 0.25) is 5.88 Å². The third-order valence-electron chi connectivity index (χ3n) is 3.20. The highest BCUT2D eigenvalue weighted by Crippen LogP contribution is 2.20. The molecular weight excluding hydrogens is 292 g/mol. The molecule has 0 saturated heterocycles. The minimum absolute atomic E-state index is 0.0351. The van der Waals surface area contributed by atoms with Gasteiger partial charge in [-0.25, -0.2) is 18.4 Å². The van der Waals surface area contributed by atoms with Crippen LogP contribution in [0.4, 0.5) is 0 Å². The molecule has 0 radical (unpaired) electrons. The van der Waals surface area contributed by atoms with Crippen LogP contribution in [0, 0.1) is 6.92 Å². The average molecular weight is 310 g/mol. The van der Waals surface area contributed by atoms with Crippen molar-refractivity contribution >= 4 is 10.0 Å². The van der Waals surface area contributed by atoms with E-state index in [1.165, 1.54) is 24.7 Å². The van der Waals surface area contributed by atoms with Crippen LogP contribution in [0.2, 0.25) is 0 Å². The molecule has 0 aliphatic heterocycles. The highest BCUT2D eigenvalue weighted by molar-refractivity contribution is 7.89. The SMILES string of the molecule is COc1ncccc1CN(C)S(=O)(=O)c1cn(C)c(C)n1. The first kappa shape index (κ1) is 15.5. The number of hydrogen-bond donors (Lipinski definition) is 0. The van der Waals surface area contributed by atoms with Crippen LogP contribution >= 0.6 is 0 Å². The van der Waals surface area contributed by atoms with Crippen molar-refractivity contribution in [1.29, 1.82) is 0 Å². The quantitative estimate of drug-likeness (QED) is 0.822. The molecule has 0 amide bonds. The Morgan fingerprint density at radius 2 is 2.14 bits per heavy atom. The van der Waals surface area contributed by atoms with E-state index in [1.807, 2.05) is 0 Å². The van der Waals surface area contributed by atoms with Crippen LogP contribution in [-0.2, 0) is 23.6 Å². The van der Waals surface area contributed by atoms with Gasteiger partial charge >= 0.3 is 0 Å². The summed E-state index contributed by atoms with van der Waals surface area (Å²) in [4.78, 5) is 8.13. The van der Waals surface area contributed by atoms with E-state index in [-0.39, 0.29) is 11.6 Å². The van der Waals surface area contributed by atoms with Crippen molar-refractivity contribution in [3.63, 3.8) is 0 Å². The van der Waals surface area contributed by atoms with E-state index in [2.05, 4.69) is 9.97 Å². The maximum Gasteiger partial charge on any atom is 0.262 e. The zero-order valence-corrected chi connectivity index (χ0v) is 13.3. The van der Waals surface area contributed by atoms with E-state index in [4.69, 9.17) is 4.74 Å². The fourth-order valence-electron chi connectivity index (χ4n) is 1.86. The summed E-state index contributed by atoms with van der Waals surface area (Å²) in [7, 11) is 1.12. The molecule has 0 N–H and O–H groups in total. The fraction of sp³-hybridized carbons (Fsp3) is 0.385. The Bertz CT molecular complexity index is 720. The third kappa shape index (κ3) is 3.06. The molecule has 7 nitrogen and oxygen atoms in total. The number of nitrogens with zero attached hydrogens (tertiary/aromatic N) is 4. The summed E-state index contributed by atoms with van der Waals surface area (Å²) in [5.41, 5.74) is 0.693. The minimum atomic E-state index is -3.65. The van der Waals surface area contributed by atoms with E-state index in [9.17, 15) is 8.42 Å². The van der Waals surface area contributed by atoms with Gasteiger partial charge in [-0.05, 0) is 13.0 Å². The smallest absolute Gasteiger partial charge is 0.262 e. The van der Waals surface area contributed by atoms with Crippen molar-refractivity contribution in [2.75, 3.05) is 14.2 Å². The Kier molecular flexibility index (Phi) is 4.29. The van der Waals surface area contributed by atoms with Gasteiger partial charge in [-0.15, -0.1) is 0 Å². The summed E-state index contributed by atoms with van der Waals surface area (Å²) in [6.07, 6.45) is 3.10. The summed E-state index contributed by atoms with van der Waals surface area (Å²) in [6, 6.07) is 3.52. The first-order valence-electron chi connectivity index (χ1n) is 6.30. The largest absolute Gasteiger partial charge is 0.481 e. The van der Waals surface area contributed by atoms with Gasteiger partial charge in [-0.2, -0.15) is 4.31 Å². The Labute approximate surface area is 124 Å². The number of ether oxygens (including phenoxy) is 1. The van der Waals surface area contributed by atoms with Crippen LogP contribution in [0.25, 0.3) is 0 Å². The highest BCUT2D eigenvalue weighted by Gasteiger charge is 2.25. The van der Waals surface area contributed by atoms with Crippen LogP contribution in [0.1, 0.15) is 11.4 Å². The van der Waals surface area contributed by atoms with Crippen molar-refractivity contribution in [3.8, 4) is 5.88 Å². The molecule has 0 aromatic carbocycles. The summed E-state index contributed by atoms with van der Waals surface area (Å²) >= 11 is 0. The van der Waals surface area contributed by atoms with Crippen molar-refractivity contribution in [2.24, 2.45) is 7.05 Å². The van der Waals surface area contributed by atoms with Gasteiger partial charge in [0.05, 0.1) is 7.11 Å². The Balaban J connectivity index is 2.28. The van der Waals surface area contributed by atoms with E-state index < -0.39 is 10.0 Å². The molecule has 2 aromatic rings. The predicted octanol–water partition coefficient (Wildman–Crippen LogP) is 0.953. The summed E-state index contributed by atoms with van der Waals surface area (Å²) in [5.74, 6) is 1.05. The van der Waals surface area contributed by atoms with Gasteiger partial charge in [0, 0.05) is 38.6 Å². The normalized spacial score (nSPS) is 11.9. The average Bonchev–Trinajstić information content (AvgIpc) is 2.80. The molecule has 0 bridgehead atoms. The summed E-state index contributed by atoms with van der Waals surface area (Å²) < 4.78 is 33.0. The lowest BCUT2D eigenvalue weighted by Gasteiger charge is -2.16. The highest BCUT2D eigenvalue weighted by atomic mass is 32.2. The number of sulfonamides is 1. The number of methoxy groups -OCH3 is 1. The van der Waals surface area contributed by atoms with Gasteiger partial charge in [0.15, 0.2) is 5.03 Å².